The van der Waals surface area contributed by atoms with Gasteiger partial charge in [0.2, 0.25) is 5.91 Å². The summed E-state index contributed by atoms with van der Waals surface area (Å²) in [6.07, 6.45) is 5.24. The molecule has 0 saturated carbocycles. The SMILES string of the molecule is CN(C)CCCOC1CCN(C(=O)CCC[Si](C)(C)C)CC1. The number of carbonyl (C=O) groups is 1. The summed E-state index contributed by atoms with van der Waals surface area (Å²) in [4.78, 5) is 16.5. The molecule has 130 valence electrons. The van der Waals surface area contributed by atoms with Crippen LogP contribution in [0, 0.1) is 0 Å². The van der Waals surface area contributed by atoms with Crippen molar-refractivity contribution < 1.29 is 9.53 Å². The molecule has 0 unspecified atom stereocenters. The highest BCUT2D eigenvalue weighted by atomic mass is 28.3. The van der Waals surface area contributed by atoms with Crippen molar-refractivity contribution in [2.45, 2.75) is 63.9 Å². The first-order valence-electron chi connectivity index (χ1n) is 8.82. The van der Waals surface area contributed by atoms with E-state index >= 15 is 0 Å². The minimum Gasteiger partial charge on any atom is -0.378 e. The van der Waals surface area contributed by atoms with Crippen LogP contribution in [0.25, 0.3) is 0 Å². The van der Waals surface area contributed by atoms with E-state index in [4.69, 9.17) is 4.74 Å². The second-order valence-electron chi connectivity index (χ2n) is 8.02. The summed E-state index contributed by atoms with van der Waals surface area (Å²) < 4.78 is 5.93. The predicted octanol–water partition coefficient (Wildman–Crippen LogP) is 3.06. The Morgan fingerprint density at radius 3 is 2.36 bits per heavy atom. The summed E-state index contributed by atoms with van der Waals surface area (Å²) >= 11 is 0. The second-order valence-corrected chi connectivity index (χ2v) is 13.6. The van der Waals surface area contributed by atoms with Crippen molar-refractivity contribution in [1.82, 2.24) is 9.80 Å². The highest BCUT2D eigenvalue weighted by molar-refractivity contribution is 6.76. The van der Waals surface area contributed by atoms with Gasteiger partial charge in [-0.15, -0.1) is 0 Å². The number of ether oxygens (including phenoxy) is 1. The van der Waals surface area contributed by atoms with Crippen LogP contribution in [-0.2, 0) is 9.53 Å². The average Bonchev–Trinajstić information content (AvgIpc) is 2.42. The number of likely N-dealkylation sites (tertiary alicyclic amines) is 1. The molecule has 1 rings (SSSR count). The van der Waals surface area contributed by atoms with Crippen LogP contribution in [0.4, 0.5) is 0 Å². The molecule has 0 N–H and O–H groups in total. The molecule has 1 fully saturated rings. The van der Waals surface area contributed by atoms with Crippen LogP contribution in [0.1, 0.15) is 32.1 Å². The first-order valence-corrected chi connectivity index (χ1v) is 12.5. The lowest BCUT2D eigenvalue weighted by atomic mass is 10.1. The Hall–Kier alpha value is -0.393. The van der Waals surface area contributed by atoms with E-state index in [1.54, 1.807) is 0 Å². The van der Waals surface area contributed by atoms with Crippen molar-refractivity contribution in [2.24, 2.45) is 0 Å². The Labute approximate surface area is 138 Å². The van der Waals surface area contributed by atoms with Crippen molar-refractivity contribution in [3.05, 3.63) is 0 Å². The Kier molecular flexibility index (Phi) is 8.65. The fourth-order valence-electron chi connectivity index (χ4n) is 2.83. The highest BCUT2D eigenvalue weighted by Gasteiger charge is 2.23. The van der Waals surface area contributed by atoms with Gasteiger partial charge in [-0.05, 0) is 46.3 Å². The van der Waals surface area contributed by atoms with Crippen LogP contribution in [0.3, 0.4) is 0 Å². The third-order valence-electron chi connectivity index (χ3n) is 4.22. The van der Waals surface area contributed by atoms with Gasteiger partial charge >= 0.3 is 0 Å². The van der Waals surface area contributed by atoms with E-state index in [9.17, 15) is 4.79 Å². The quantitative estimate of drug-likeness (QED) is 0.482. The molecule has 1 amide bonds. The number of hydrogen-bond donors (Lipinski definition) is 0. The van der Waals surface area contributed by atoms with E-state index in [-0.39, 0.29) is 0 Å². The van der Waals surface area contributed by atoms with Gasteiger partial charge in [0.15, 0.2) is 0 Å². The second kappa shape index (κ2) is 9.68. The van der Waals surface area contributed by atoms with E-state index in [0.29, 0.717) is 12.0 Å². The Balaban J connectivity index is 2.12. The molecule has 1 saturated heterocycles. The Morgan fingerprint density at radius 2 is 1.82 bits per heavy atom. The molecule has 0 aromatic rings. The lowest BCUT2D eigenvalue weighted by Gasteiger charge is -2.32. The predicted molar refractivity (Wildman–Crippen MR) is 96.1 cm³/mol. The van der Waals surface area contributed by atoms with Gasteiger partial charge in [-0.1, -0.05) is 25.7 Å². The Bertz CT molecular complexity index is 321. The monoisotopic (exact) mass is 328 g/mol. The standard InChI is InChI=1S/C17H36N2O2Si/c1-18(2)11-7-14-21-16-9-12-19(13-10-16)17(20)8-6-15-22(3,4)5/h16H,6-15H2,1-5H3. The molecule has 0 spiro atoms. The number of carbonyl (C=O) groups excluding carboxylic acids is 1. The van der Waals surface area contributed by atoms with Gasteiger partial charge in [-0.3, -0.25) is 4.79 Å². The number of nitrogens with zero attached hydrogens (tertiary/aromatic N) is 2. The van der Waals surface area contributed by atoms with E-state index in [2.05, 4.69) is 38.6 Å². The molecule has 0 atom stereocenters. The summed E-state index contributed by atoms with van der Waals surface area (Å²) in [6.45, 7) is 10.8. The van der Waals surface area contributed by atoms with Crippen molar-refractivity contribution >= 4 is 14.0 Å². The summed E-state index contributed by atoms with van der Waals surface area (Å²) in [5, 5.41) is 0. The van der Waals surface area contributed by atoms with E-state index in [1.807, 2.05) is 4.90 Å². The maximum absolute atomic E-state index is 12.2. The minimum atomic E-state index is -1.01. The van der Waals surface area contributed by atoms with Gasteiger partial charge in [-0.2, -0.15) is 0 Å². The van der Waals surface area contributed by atoms with E-state index in [1.165, 1.54) is 6.04 Å². The molecule has 5 heteroatoms. The minimum absolute atomic E-state index is 0.351. The van der Waals surface area contributed by atoms with Crippen molar-refractivity contribution in [2.75, 3.05) is 40.3 Å². The number of amides is 1. The van der Waals surface area contributed by atoms with Gasteiger partial charge in [0.25, 0.3) is 0 Å². The number of piperidine rings is 1. The highest BCUT2D eigenvalue weighted by Crippen LogP contribution is 2.17. The zero-order valence-corrected chi connectivity index (χ0v) is 16.4. The molecule has 0 bridgehead atoms. The van der Waals surface area contributed by atoms with Crippen LogP contribution in [0.2, 0.25) is 25.7 Å². The molecule has 22 heavy (non-hydrogen) atoms. The van der Waals surface area contributed by atoms with Crippen LogP contribution in [-0.4, -0.2) is 70.2 Å². The molecule has 1 heterocycles. The maximum atomic E-state index is 12.2. The topological polar surface area (TPSA) is 32.8 Å². The van der Waals surface area contributed by atoms with Gasteiger partial charge in [-0.25, -0.2) is 0 Å². The maximum Gasteiger partial charge on any atom is 0.222 e. The van der Waals surface area contributed by atoms with Crippen LogP contribution in [0.5, 0.6) is 0 Å². The van der Waals surface area contributed by atoms with Crippen LogP contribution in [0.15, 0.2) is 0 Å². The lowest BCUT2D eigenvalue weighted by Crippen LogP contribution is -2.41. The van der Waals surface area contributed by atoms with E-state index in [0.717, 1.165) is 58.3 Å². The first-order chi connectivity index (χ1) is 10.3. The molecule has 1 aliphatic rings. The van der Waals surface area contributed by atoms with Crippen LogP contribution >= 0.6 is 0 Å². The molecule has 0 aliphatic carbocycles. The molecule has 0 radical (unpaired) electrons. The zero-order valence-electron chi connectivity index (χ0n) is 15.4. The van der Waals surface area contributed by atoms with Crippen LogP contribution < -0.4 is 0 Å². The van der Waals surface area contributed by atoms with Gasteiger partial charge < -0.3 is 14.5 Å². The van der Waals surface area contributed by atoms with Gasteiger partial charge in [0.05, 0.1) is 6.10 Å². The normalized spacial score (nSPS) is 17.3. The summed E-state index contributed by atoms with van der Waals surface area (Å²) in [5.74, 6) is 0.351. The van der Waals surface area contributed by atoms with Crippen molar-refractivity contribution in [3.63, 3.8) is 0 Å². The fraction of sp³-hybridized carbons (Fsp3) is 0.941. The van der Waals surface area contributed by atoms with Crippen molar-refractivity contribution in [1.29, 1.82) is 0 Å². The molecule has 4 nitrogen and oxygen atoms in total. The molecule has 0 aromatic carbocycles. The van der Waals surface area contributed by atoms with E-state index < -0.39 is 8.07 Å². The summed E-state index contributed by atoms with van der Waals surface area (Å²) in [7, 11) is 3.17. The molecule has 0 aromatic heterocycles. The largest absolute Gasteiger partial charge is 0.378 e. The molecule has 1 aliphatic heterocycles. The molecular formula is C17H36N2O2Si. The fourth-order valence-corrected chi connectivity index (χ4v) is 4.07. The van der Waals surface area contributed by atoms with Gasteiger partial charge in [0, 0.05) is 34.2 Å². The smallest absolute Gasteiger partial charge is 0.222 e. The zero-order chi connectivity index (χ0) is 16.6. The number of hydrogen-bond acceptors (Lipinski definition) is 3. The summed E-state index contributed by atoms with van der Waals surface area (Å²) in [6, 6.07) is 1.25. The third-order valence-corrected chi connectivity index (χ3v) is 6.07. The molecular weight excluding hydrogens is 292 g/mol. The third kappa shape index (κ3) is 8.91. The average molecular weight is 329 g/mol. The van der Waals surface area contributed by atoms with Crippen molar-refractivity contribution in [3.8, 4) is 0 Å². The number of rotatable bonds is 9. The Morgan fingerprint density at radius 1 is 1.18 bits per heavy atom. The van der Waals surface area contributed by atoms with Gasteiger partial charge in [0.1, 0.15) is 0 Å². The first kappa shape index (κ1) is 19.7. The summed E-state index contributed by atoms with van der Waals surface area (Å²) in [5.41, 5.74) is 0. The lowest BCUT2D eigenvalue weighted by molar-refractivity contribution is -0.133.